The van der Waals surface area contributed by atoms with Crippen LogP contribution in [-0.4, -0.2) is 24.8 Å². The van der Waals surface area contributed by atoms with Gasteiger partial charge < -0.3 is 14.4 Å². The number of benzene rings is 3. The maximum absolute atomic E-state index is 12.7. The highest BCUT2D eigenvalue weighted by molar-refractivity contribution is 7.79. The molecule has 1 N–H and O–H groups in total. The summed E-state index contributed by atoms with van der Waals surface area (Å²) in [4.78, 5) is 17.3. The number of hydrogen-bond donors (Lipinski definition) is 1. The van der Waals surface area contributed by atoms with Crippen LogP contribution in [0.3, 0.4) is 0 Å². The maximum atomic E-state index is 12.7. The van der Waals surface area contributed by atoms with Gasteiger partial charge >= 0.3 is 0 Å². The molecular formula is C28H24Cl2N3O4S-. The van der Waals surface area contributed by atoms with E-state index < -0.39 is 21.7 Å². The highest BCUT2D eigenvalue weighted by atomic mass is 35.5. The zero-order valence-corrected chi connectivity index (χ0v) is 23.0. The molecule has 1 aliphatic carbocycles. The van der Waals surface area contributed by atoms with E-state index in [4.69, 9.17) is 27.7 Å². The van der Waals surface area contributed by atoms with Crippen LogP contribution in [0.2, 0.25) is 10.0 Å². The molecular weight excluding hydrogens is 545 g/mol. The van der Waals surface area contributed by atoms with Gasteiger partial charge in [-0.05, 0) is 61.0 Å². The van der Waals surface area contributed by atoms with Crippen molar-refractivity contribution in [1.29, 1.82) is 0 Å². The van der Waals surface area contributed by atoms with E-state index in [0.717, 1.165) is 29.5 Å². The van der Waals surface area contributed by atoms with E-state index in [-0.39, 0.29) is 12.3 Å². The first-order valence-electron chi connectivity index (χ1n) is 12.0. The summed E-state index contributed by atoms with van der Waals surface area (Å²) in [5.41, 5.74) is 4.05. The Morgan fingerprint density at radius 3 is 2.32 bits per heavy atom. The van der Waals surface area contributed by atoms with Crippen LogP contribution in [0.5, 0.6) is 0 Å². The number of nitrogens with zero attached hydrogens (tertiary/aromatic N) is 2. The lowest BCUT2D eigenvalue weighted by molar-refractivity contribution is -0.115. The minimum atomic E-state index is -2.20. The summed E-state index contributed by atoms with van der Waals surface area (Å²) in [5.74, 6) is 0.720. The SMILES string of the molecule is Cc1ccc(-c2noc(C3(c4c(Cl)cc(NC(=O)Cc5ccc(C(C)S(=O)[O-])cc5)cc4Cl)CC3)n2)cc1. The van der Waals surface area contributed by atoms with Gasteiger partial charge in [0.1, 0.15) is 0 Å². The molecule has 2 unspecified atom stereocenters. The first-order valence-corrected chi connectivity index (χ1v) is 13.9. The highest BCUT2D eigenvalue weighted by Gasteiger charge is 2.53. The molecule has 1 heterocycles. The molecule has 1 saturated carbocycles. The van der Waals surface area contributed by atoms with Crippen LogP contribution in [0.15, 0.2) is 65.2 Å². The number of aromatic nitrogens is 2. The first-order chi connectivity index (χ1) is 18.2. The Hall–Kier alpha value is -3.04. The molecule has 1 aromatic heterocycles. The molecule has 0 spiro atoms. The third-order valence-corrected chi connectivity index (χ3v) is 8.25. The number of carbonyl (C=O) groups excluding carboxylic acids is 1. The lowest BCUT2D eigenvalue weighted by Crippen LogP contribution is -2.16. The van der Waals surface area contributed by atoms with Crippen molar-refractivity contribution < 1.29 is 18.1 Å². The number of amides is 1. The van der Waals surface area contributed by atoms with Crippen molar-refractivity contribution in [2.45, 2.75) is 43.8 Å². The van der Waals surface area contributed by atoms with Crippen molar-refractivity contribution in [3.05, 3.63) is 98.9 Å². The van der Waals surface area contributed by atoms with Crippen LogP contribution in [-0.2, 0) is 27.7 Å². The number of aryl methyl sites for hydroxylation is 1. The van der Waals surface area contributed by atoms with Crippen molar-refractivity contribution in [3.63, 3.8) is 0 Å². The lowest BCUT2D eigenvalue weighted by atomic mass is 9.95. The maximum Gasteiger partial charge on any atom is 0.237 e. The van der Waals surface area contributed by atoms with E-state index in [1.807, 2.05) is 31.2 Å². The van der Waals surface area contributed by atoms with Gasteiger partial charge in [0.25, 0.3) is 0 Å². The largest absolute Gasteiger partial charge is 0.772 e. The van der Waals surface area contributed by atoms with E-state index in [1.165, 1.54) is 0 Å². The molecule has 1 fully saturated rings. The number of halogens is 2. The third-order valence-electron chi connectivity index (χ3n) is 6.80. The average Bonchev–Trinajstić information content (AvgIpc) is 3.50. The Bertz CT molecular complexity index is 1490. The fourth-order valence-electron chi connectivity index (χ4n) is 4.44. The minimum Gasteiger partial charge on any atom is -0.772 e. The average molecular weight is 569 g/mol. The lowest BCUT2D eigenvalue weighted by Gasteiger charge is -2.17. The zero-order valence-electron chi connectivity index (χ0n) is 20.7. The van der Waals surface area contributed by atoms with Gasteiger partial charge in [0, 0.05) is 32.1 Å². The summed E-state index contributed by atoms with van der Waals surface area (Å²) in [6.45, 7) is 3.62. The van der Waals surface area contributed by atoms with Gasteiger partial charge in [-0.2, -0.15) is 4.98 Å². The predicted molar refractivity (Wildman–Crippen MR) is 147 cm³/mol. The molecule has 0 saturated heterocycles. The second-order valence-electron chi connectivity index (χ2n) is 9.56. The quantitative estimate of drug-likeness (QED) is 0.241. The van der Waals surface area contributed by atoms with Crippen LogP contribution in [0.1, 0.15) is 53.2 Å². The van der Waals surface area contributed by atoms with Gasteiger partial charge in [-0.25, -0.2) is 0 Å². The van der Waals surface area contributed by atoms with E-state index >= 15 is 0 Å². The zero-order chi connectivity index (χ0) is 27.0. The third kappa shape index (κ3) is 5.40. The number of rotatable bonds is 8. The van der Waals surface area contributed by atoms with E-state index in [1.54, 1.807) is 43.3 Å². The Morgan fingerprint density at radius 1 is 1.11 bits per heavy atom. The van der Waals surface area contributed by atoms with Crippen LogP contribution in [0.25, 0.3) is 11.4 Å². The van der Waals surface area contributed by atoms with Crippen molar-refractivity contribution >= 4 is 45.9 Å². The van der Waals surface area contributed by atoms with Crippen molar-refractivity contribution in [1.82, 2.24) is 10.1 Å². The molecule has 0 bridgehead atoms. The second-order valence-corrected chi connectivity index (χ2v) is 11.6. The molecule has 2 atom stereocenters. The molecule has 4 aromatic rings. The molecule has 196 valence electrons. The predicted octanol–water partition coefficient (Wildman–Crippen LogP) is 6.55. The Morgan fingerprint density at radius 2 is 1.74 bits per heavy atom. The second kappa shape index (κ2) is 10.6. The normalized spacial score (nSPS) is 15.6. The Balaban J connectivity index is 1.31. The molecule has 1 aliphatic rings. The summed E-state index contributed by atoms with van der Waals surface area (Å²) in [6, 6.07) is 18.1. The van der Waals surface area contributed by atoms with E-state index in [2.05, 4.69) is 15.5 Å². The summed E-state index contributed by atoms with van der Waals surface area (Å²) >= 11 is 11.2. The van der Waals surface area contributed by atoms with Crippen molar-refractivity contribution in [2.24, 2.45) is 0 Å². The monoisotopic (exact) mass is 568 g/mol. The minimum absolute atomic E-state index is 0.111. The number of nitrogens with one attached hydrogen (secondary N) is 1. The Kier molecular flexibility index (Phi) is 7.42. The van der Waals surface area contributed by atoms with Gasteiger partial charge in [-0.3, -0.25) is 9.00 Å². The summed E-state index contributed by atoms with van der Waals surface area (Å²) < 4.78 is 28.0. The smallest absolute Gasteiger partial charge is 0.237 e. The molecule has 7 nitrogen and oxygen atoms in total. The first kappa shape index (κ1) is 26.6. The molecule has 0 radical (unpaired) electrons. The number of carbonyl (C=O) groups is 1. The van der Waals surface area contributed by atoms with Crippen molar-refractivity contribution in [3.8, 4) is 11.4 Å². The van der Waals surface area contributed by atoms with Crippen LogP contribution in [0, 0.1) is 6.92 Å². The topological polar surface area (TPSA) is 108 Å². The van der Waals surface area contributed by atoms with E-state index in [9.17, 15) is 13.6 Å². The molecule has 1 amide bonds. The standard InChI is InChI=1S/C28H25Cl2N3O4S/c1-16-3-7-20(8-4-16)26-32-27(37-33-26)28(11-12-28)25-22(29)14-21(15-23(25)30)31-24(34)13-18-5-9-19(10-6-18)17(2)38(35)36/h3-10,14-15,17H,11-13H2,1-2H3,(H,31,34)(H,35,36)/p-1. The summed E-state index contributed by atoms with van der Waals surface area (Å²) in [6.07, 6.45) is 1.64. The highest BCUT2D eigenvalue weighted by Crippen LogP contribution is 2.57. The van der Waals surface area contributed by atoms with E-state index in [0.29, 0.717) is 38.6 Å². The van der Waals surface area contributed by atoms with Gasteiger partial charge in [-0.15, -0.1) is 0 Å². The van der Waals surface area contributed by atoms with Gasteiger partial charge in [-0.1, -0.05) is 82.5 Å². The van der Waals surface area contributed by atoms with Gasteiger partial charge in [0.2, 0.25) is 17.6 Å². The fourth-order valence-corrected chi connectivity index (χ4v) is 5.67. The fraction of sp³-hybridized carbons (Fsp3) is 0.250. The Labute approximate surface area is 232 Å². The summed E-state index contributed by atoms with van der Waals surface area (Å²) in [5, 5.41) is 7.21. The summed E-state index contributed by atoms with van der Waals surface area (Å²) in [7, 11) is 0. The van der Waals surface area contributed by atoms with Gasteiger partial charge in [0.05, 0.1) is 11.8 Å². The number of anilines is 1. The molecule has 38 heavy (non-hydrogen) atoms. The van der Waals surface area contributed by atoms with Crippen molar-refractivity contribution in [2.75, 3.05) is 5.32 Å². The van der Waals surface area contributed by atoms with Crippen LogP contribution in [0.4, 0.5) is 5.69 Å². The molecule has 0 aliphatic heterocycles. The molecule has 5 rings (SSSR count). The van der Waals surface area contributed by atoms with Crippen LogP contribution >= 0.6 is 23.2 Å². The van der Waals surface area contributed by atoms with Crippen LogP contribution < -0.4 is 5.32 Å². The number of hydrogen-bond acceptors (Lipinski definition) is 6. The molecule has 3 aromatic carbocycles. The van der Waals surface area contributed by atoms with Gasteiger partial charge in [0.15, 0.2) is 0 Å². The molecule has 10 heteroatoms.